The summed E-state index contributed by atoms with van der Waals surface area (Å²) in [5, 5.41) is 14.7. The van der Waals surface area contributed by atoms with Crippen LogP contribution in [0.2, 0.25) is 15.1 Å². The second-order valence-electron chi connectivity index (χ2n) is 19.2. The molecule has 366 valence electrons. The van der Waals surface area contributed by atoms with Crippen molar-refractivity contribution in [3.63, 3.8) is 0 Å². The lowest BCUT2D eigenvalue weighted by Gasteiger charge is -2.34. The zero-order valence-corrected chi connectivity index (χ0v) is 42.7. The highest BCUT2D eigenvalue weighted by atomic mass is 35.5. The predicted molar refractivity (Wildman–Crippen MR) is 278 cm³/mol. The number of aromatic amines is 2. The fraction of sp³-hybridized carbons (Fsp3) is 0.462. The van der Waals surface area contributed by atoms with Gasteiger partial charge in [0.1, 0.15) is 23.3 Å². The largest absolute Gasteiger partial charge is 0.480 e. The molecular formula is C52H68Cl3N9O4. The van der Waals surface area contributed by atoms with Gasteiger partial charge < -0.3 is 36.6 Å². The third kappa shape index (κ3) is 14.3. The summed E-state index contributed by atoms with van der Waals surface area (Å²) in [5.74, 6) is 1.16. The van der Waals surface area contributed by atoms with Crippen molar-refractivity contribution in [3.8, 4) is 0 Å². The lowest BCUT2D eigenvalue weighted by Crippen LogP contribution is -2.49. The highest BCUT2D eigenvalue weighted by molar-refractivity contribution is 6.32. The number of amides is 1. The zero-order chi connectivity index (χ0) is 49.3. The van der Waals surface area contributed by atoms with Crippen molar-refractivity contribution in [1.29, 1.82) is 0 Å². The van der Waals surface area contributed by atoms with E-state index in [1.54, 1.807) is 32.9 Å². The highest BCUT2D eigenvalue weighted by Crippen LogP contribution is 2.33. The minimum absolute atomic E-state index is 0.348. The average molecular weight is 990 g/mol. The minimum atomic E-state index is -0.953. The molecule has 3 aliphatic rings. The number of carbonyl (C=O) groups is 2. The van der Waals surface area contributed by atoms with E-state index in [9.17, 15) is 9.59 Å². The summed E-state index contributed by atoms with van der Waals surface area (Å²) in [7, 11) is 0. The summed E-state index contributed by atoms with van der Waals surface area (Å²) < 4.78 is 5.18. The van der Waals surface area contributed by atoms with Crippen LogP contribution in [0.3, 0.4) is 0 Å². The summed E-state index contributed by atoms with van der Waals surface area (Å²) in [6, 6.07) is 20.3. The number of carboxylic acid groups (broad SMARTS) is 1. The monoisotopic (exact) mass is 987 g/mol. The first-order valence-electron chi connectivity index (χ1n) is 23.6. The number of nitrogen functional groups attached to an aromatic ring is 2. The number of nitrogens with two attached hydrogens (primary N) is 2. The number of carboxylic acids is 1. The Labute approximate surface area is 415 Å². The quantitative estimate of drug-likeness (QED) is 0.0906. The molecule has 3 unspecified atom stereocenters. The van der Waals surface area contributed by atoms with Crippen LogP contribution in [0.1, 0.15) is 130 Å². The van der Waals surface area contributed by atoms with Crippen LogP contribution in [-0.4, -0.2) is 78.2 Å². The summed E-state index contributed by atoms with van der Waals surface area (Å²) in [4.78, 5) is 43.1. The van der Waals surface area contributed by atoms with Gasteiger partial charge in [0.15, 0.2) is 0 Å². The average Bonchev–Trinajstić information content (AvgIpc) is 3.90. The Morgan fingerprint density at radius 1 is 0.735 bits per heavy atom. The molecule has 9 rings (SSSR count). The Morgan fingerprint density at radius 2 is 1.31 bits per heavy atom. The van der Waals surface area contributed by atoms with Gasteiger partial charge in [-0.3, -0.25) is 9.80 Å². The fourth-order valence-electron chi connectivity index (χ4n) is 8.71. The predicted octanol–water partition coefficient (Wildman–Crippen LogP) is 12.6. The van der Waals surface area contributed by atoms with Crippen LogP contribution in [0, 0.1) is 27.7 Å². The van der Waals surface area contributed by atoms with E-state index >= 15 is 0 Å². The molecule has 0 aliphatic carbocycles. The van der Waals surface area contributed by atoms with Gasteiger partial charge in [-0.25, -0.2) is 19.6 Å². The molecule has 0 saturated carbocycles. The number of carbonyl (C=O) groups excluding carboxylic acids is 1. The molecule has 2 aromatic heterocycles. The van der Waals surface area contributed by atoms with Gasteiger partial charge in [0.2, 0.25) is 0 Å². The summed E-state index contributed by atoms with van der Waals surface area (Å²) >= 11 is 18.1. The van der Waals surface area contributed by atoms with E-state index in [-0.39, 0.29) is 0 Å². The topological polar surface area (TPSA) is 192 Å². The van der Waals surface area contributed by atoms with E-state index in [1.165, 1.54) is 41.7 Å². The van der Waals surface area contributed by atoms with E-state index < -0.39 is 23.7 Å². The molecule has 16 heteroatoms. The molecule has 0 spiro atoms. The maximum Gasteiger partial charge on any atom is 0.411 e. The number of piperidine rings is 3. The number of aliphatic carboxylic acids is 1. The smallest absolute Gasteiger partial charge is 0.411 e. The van der Waals surface area contributed by atoms with Gasteiger partial charge in [-0.2, -0.15) is 0 Å². The zero-order valence-electron chi connectivity index (χ0n) is 40.4. The van der Waals surface area contributed by atoms with Crippen molar-refractivity contribution in [1.82, 2.24) is 35.1 Å². The molecule has 8 N–H and O–H groups in total. The lowest BCUT2D eigenvalue weighted by molar-refractivity contribution is -0.144. The lowest BCUT2D eigenvalue weighted by atomic mass is 10.00. The molecule has 0 radical (unpaired) electrons. The number of ether oxygens (including phenoxy) is 1. The first-order chi connectivity index (χ1) is 32.3. The van der Waals surface area contributed by atoms with Crippen LogP contribution in [0.15, 0.2) is 60.7 Å². The fourth-order valence-corrected chi connectivity index (χ4v) is 9.20. The molecule has 3 aliphatic heterocycles. The van der Waals surface area contributed by atoms with E-state index in [1.807, 2.05) is 32.9 Å². The number of benzene rings is 4. The molecule has 1 amide bonds. The minimum Gasteiger partial charge on any atom is -0.480 e. The van der Waals surface area contributed by atoms with E-state index in [2.05, 4.69) is 68.5 Å². The van der Waals surface area contributed by atoms with Gasteiger partial charge in [-0.15, -0.1) is 0 Å². The Kier molecular flexibility index (Phi) is 18.1. The number of H-pyrrole nitrogens is 2. The third-order valence-electron chi connectivity index (χ3n) is 12.4. The number of nitrogens with zero attached hydrogens (tertiary/aromatic N) is 4. The number of anilines is 2. The Hall–Kier alpha value is -5.05. The number of rotatable bonds is 5. The van der Waals surface area contributed by atoms with E-state index in [0.29, 0.717) is 41.4 Å². The Balaban J connectivity index is 0.000000157. The van der Waals surface area contributed by atoms with Crippen LogP contribution in [0.25, 0.3) is 22.1 Å². The van der Waals surface area contributed by atoms with E-state index in [0.717, 1.165) is 106 Å². The SMILES string of the molecule is CC(C)(C)OC(=O)N1CCCCC1C(=O)O.Cc1cc(N)c(N)cc1Cl.Cc1cc2[nH]c(C3CCCCN3)nc2cc1Cl.Cc1cccc(CN2CCCCC2c2nc3cc(Cl)c(C)cc3[nH]2)c1. The molecule has 3 atom stereocenters. The molecule has 13 nitrogen and oxygen atoms in total. The van der Waals surface area contributed by atoms with Crippen molar-refractivity contribution in [2.75, 3.05) is 31.1 Å². The maximum absolute atomic E-state index is 11.8. The van der Waals surface area contributed by atoms with Gasteiger partial charge >= 0.3 is 12.1 Å². The van der Waals surface area contributed by atoms with Crippen molar-refractivity contribution in [2.45, 2.75) is 137 Å². The molecule has 0 bridgehead atoms. The molecular weight excluding hydrogens is 921 g/mol. The Morgan fingerprint density at radius 3 is 1.91 bits per heavy atom. The highest BCUT2D eigenvalue weighted by Gasteiger charge is 2.34. The number of imidazole rings is 2. The van der Waals surface area contributed by atoms with Crippen molar-refractivity contribution < 1.29 is 19.4 Å². The molecule has 68 heavy (non-hydrogen) atoms. The van der Waals surface area contributed by atoms with Gasteiger partial charge in [0.05, 0.1) is 45.5 Å². The van der Waals surface area contributed by atoms with Crippen LogP contribution < -0.4 is 16.8 Å². The third-order valence-corrected chi connectivity index (χ3v) is 13.6. The van der Waals surface area contributed by atoms with Crippen LogP contribution in [-0.2, 0) is 16.1 Å². The number of likely N-dealkylation sites (tertiary alicyclic amines) is 2. The second kappa shape index (κ2) is 23.5. The molecule has 5 heterocycles. The number of aryl methyl sites for hydroxylation is 4. The summed E-state index contributed by atoms with van der Waals surface area (Å²) in [6.07, 6.45) is 9.02. The molecule has 6 aromatic rings. The van der Waals surface area contributed by atoms with E-state index in [4.69, 9.17) is 61.1 Å². The number of nitrogens with one attached hydrogen (secondary N) is 3. The maximum atomic E-state index is 11.8. The number of fused-ring (bicyclic) bond motifs is 2. The Bertz CT molecular complexity index is 2540. The standard InChI is InChI=1S/C21H24ClN3.C13H16ClN3.C11H19NO4.C7H9ClN2/c1-14-6-5-7-16(10-14)13-25-9-4-3-8-20(25)21-23-18-11-15(2)17(22)12-19(18)24-21;1-8-6-11-12(7-9(8)14)17-13(16-11)10-4-2-3-5-15-10;1-11(2,3)16-10(15)12-7-5-4-6-8(12)9(13)14;1-4-2-6(9)7(10)3-5(4)8/h5-7,10-12,20H,3-4,8-9,13H2,1-2H3,(H,23,24);6-7,10,15H,2-5H2,1H3,(H,16,17);8H,4-7H2,1-3H3,(H,13,14);2-3H,9-10H2,1H3. The number of halogens is 3. The van der Waals surface area contributed by atoms with Crippen LogP contribution in [0.4, 0.5) is 16.2 Å². The first kappa shape index (κ1) is 52.3. The van der Waals surface area contributed by atoms with Gasteiger partial charge in [0, 0.05) is 28.2 Å². The molecule has 4 aromatic carbocycles. The van der Waals surface area contributed by atoms with Crippen LogP contribution >= 0.6 is 34.8 Å². The number of hydrogen-bond donors (Lipinski definition) is 6. The van der Waals surface area contributed by atoms with Crippen molar-refractivity contribution in [3.05, 3.63) is 115 Å². The summed E-state index contributed by atoms with van der Waals surface area (Å²) in [6.45, 7) is 17.0. The second-order valence-corrected chi connectivity index (χ2v) is 20.4. The summed E-state index contributed by atoms with van der Waals surface area (Å²) in [5.41, 5.74) is 21.4. The van der Waals surface area contributed by atoms with Gasteiger partial charge in [0.25, 0.3) is 0 Å². The number of aromatic nitrogens is 4. The number of hydrogen-bond acceptors (Lipinski definition) is 9. The van der Waals surface area contributed by atoms with Crippen molar-refractivity contribution >= 4 is 80.3 Å². The van der Waals surface area contributed by atoms with Crippen LogP contribution in [0.5, 0.6) is 0 Å². The molecule has 3 saturated heterocycles. The molecule has 3 fully saturated rings. The first-order valence-corrected chi connectivity index (χ1v) is 24.8. The van der Waals surface area contributed by atoms with Gasteiger partial charge in [-0.05, 0) is 165 Å². The van der Waals surface area contributed by atoms with Crippen molar-refractivity contribution in [2.24, 2.45) is 0 Å². The van der Waals surface area contributed by atoms with Gasteiger partial charge in [-0.1, -0.05) is 77.5 Å². The normalized spacial score (nSPS) is 18.7.